The summed E-state index contributed by atoms with van der Waals surface area (Å²) in [6, 6.07) is 0. The molecule has 2 aliphatic heterocycles. The van der Waals surface area contributed by atoms with E-state index in [0.29, 0.717) is 24.3 Å². The summed E-state index contributed by atoms with van der Waals surface area (Å²) in [6.45, 7) is 4.51. The lowest BCUT2D eigenvalue weighted by Gasteiger charge is -2.14. The van der Waals surface area contributed by atoms with Crippen molar-refractivity contribution in [1.82, 2.24) is 10.2 Å². The first-order valence-electron chi connectivity index (χ1n) is 6.96. The molecule has 7 heteroatoms. The SMILES string of the molecule is CC(C)OC(=O)C1=C2SCC(=CC(=O)NCCO)N2CC1. The van der Waals surface area contributed by atoms with Crippen molar-refractivity contribution in [1.29, 1.82) is 0 Å². The number of amides is 1. The van der Waals surface area contributed by atoms with Crippen molar-refractivity contribution in [3.8, 4) is 0 Å². The average Bonchev–Trinajstić information content (AvgIpc) is 2.98. The molecule has 0 aliphatic carbocycles. The van der Waals surface area contributed by atoms with Crippen molar-refractivity contribution in [3.63, 3.8) is 0 Å². The molecule has 2 heterocycles. The van der Waals surface area contributed by atoms with Gasteiger partial charge in [0, 0.05) is 37.0 Å². The van der Waals surface area contributed by atoms with Gasteiger partial charge in [-0.3, -0.25) is 4.79 Å². The molecule has 1 saturated heterocycles. The van der Waals surface area contributed by atoms with Crippen LogP contribution in [0.5, 0.6) is 0 Å². The minimum Gasteiger partial charge on any atom is -0.460 e. The largest absolute Gasteiger partial charge is 0.460 e. The van der Waals surface area contributed by atoms with Crippen molar-refractivity contribution in [2.24, 2.45) is 0 Å². The van der Waals surface area contributed by atoms with Gasteiger partial charge in [0.1, 0.15) is 0 Å². The molecule has 2 rings (SSSR count). The molecule has 0 aromatic rings. The molecule has 1 fully saturated rings. The van der Waals surface area contributed by atoms with Crippen LogP contribution < -0.4 is 5.32 Å². The summed E-state index contributed by atoms with van der Waals surface area (Å²) in [5.74, 6) is 0.181. The fourth-order valence-electron chi connectivity index (χ4n) is 2.23. The third-order valence-corrected chi connectivity index (χ3v) is 4.27. The van der Waals surface area contributed by atoms with Crippen LogP contribution in [0.15, 0.2) is 22.4 Å². The number of nitrogens with zero attached hydrogens (tertiary/aromatic N) is 1. The zero-order valence-corrected chi connectivity index (χ0v) is 13.0. The van der Waals surface area contributed by atoms with E-state index in [-0.39, 0.29) is 31.1 Å². The molecule has 116 valence electrons. The molecule has 0 atom stereocenters. The number of aliphatic hydroxyl groups is 1. The van der Waals surface area contributed by atoms with Crippen LogP contribution >= 0.6 is 11.8 Å². The van der Waals surface area contributed by atoms with Crippen LogP contribution in [0.4, 0.5) is 0 Å². The Labute approximate surface area is 128 Å². The van der Waals surface area contributed by atoms with Crippen LogP contribution in [0.2, 0.25) is 0 Å². The molecule has 0 aromatic heterocycles. The average molecular weight is 312 g/mol. The van der Waals surface area contributed by atoms with Gasteiger partial charge >= 0.3 is 5.97 Å². The topological polar surface area (TPSA) is 78.9 Å². The molecule has 0 spiro atoms. The fraction of sp³-hybridized carbons (Fsp3) is 0.571. The minimum absolute atomic E-state index is 0.0796. The van der Waals surface area contributed by atoms with E-state index in [1.807, 2.05) is 18.7 Å². The van der Waals surface area contributed by atoms with E-state index in [0.717, 1.165) is 10.7 Å². The molecule has 0 radical (unpaired) electrons. The fourth-order valence-corrected chi connectivity index (χ4v) is 3.48. The number of fused-ring (bicyclic) bond motifs is 1. The molecule has 2 N–H and O–H groups in total. The predicted octanol–water partition coefficient (Wildman–Crippen LogP) is 0.595. The second-order valence-electron chi connectivity index (χ2n) is 5.08. The highest BCUT2D eigenvalue weighted by atomic mass is 32.2. The van der Waals surface area contributed by atoms with Gasteiger partial charge in [0.2, 0.25) is 5.91 Å². The van der Waals surface area contributed by atoms with Crippen molar-refractivity contribution in [3.05, 3.63) is 22.4 Å². The quantitative estimate of drug-likeness (QED) is 0.571. The summed E-state index contributed by atoms with van der Waals surface area (Å²) in [4.78, 5) is 25.7. The number of nitrogens with one attached hydrogen (secondary N) is 1. The van der Waals surface area contributed by atoms with Crippen LogP contribution in [0.25, 0.3) is 0 Å². The maximum atomic E-state index is 12.0. The van der Waals surface area contributed by atoms with E-state index < -0.39 is 0 Å². The van der Waals surface area contributed by atoms with E-state index in [1.165, 1.54) is 6.08 Å². The van der Waals surface area contributed by atoms with Gasteiger partial charge in [-0.05, 0) is 13.8 Å². The first-order valence-corrected chi connectivity index (χ1v) is 7.95. The number of thioether (sulfide) groups is 1. The second-order valence-corrected chi connectivity index (χ2v) is 6.04. The Bertz CT molecular complexity index is 499. The number of aliphatic hydroxyl groups excluding tert-OH is 1. The van der Waals surface area contributed by atoms with E-state index >= 15 is 0 Å². The van der Waals surface area contributed by atoms with Gasteiger partial charge in [0.15, 0.2) is 0 Å². The lowest BCUT2D eigenvalue weighted by Crippen LogP contribution is -2.26. The number of hydrogen-bond acceptors (Lipinski definition) is 6. The zero-order chi connectivity index (χ0) is 15.4. The van der Waals surface area contributed by atoms with Crippen molar-refractivity contribution >= 4 is 23.6 Å². The Morgan fingerprint density at radius 2 is 2.29 bits per heavy atom. The van der Waals surface area contributed by atoms with Crippen LogP contribution in [0.3, 0.4) is 0 Å². The third kappa shape index (κ3) is 3.79. The number of ether oxygens (including phenoxy) is 1. The minimum atomic E-state index is -0.263. The Morgan fingerprint density at radius 3 is 2.95 bits per heavy atom. The Kier molecular flexibility index (Phi) is 5.30. The smallest absolute Gasteiger partial charge is 0.336 e. The molecule has 2 aliphatic rings. The Balaban J connectivity index is 2.07. The summed E-state index contributed by atoms with van der Waals surface area (Å²) in [5.41, 5.74) is 1.59. The van der Waals surface area contributed by atoms with Crippen molar-refractivity contribution < 1.29 is 19.4 Å². The Morgan fingerprint density at radius 1 is 1.52 bits per heavy atom. The van der Waals surface area contributed by atoms with Gasteiger partial charge in [-0.25, -0.2) is 4.79 Å². The molecule has 0 unspecified atom stereocenters. The van der Waals surface area contributed by atoms with E-state index in [1.54, 1.807) is 11.8 Å². The lowest BCUT2D eigenvalue weighted by molar-refractivity contribution is -0.142. The standard InChI is InChI=1S/C14H20N2O4S/c1-9(2)20-14(19)11-3-5-16-10(8-21-13(11)16)7-12(18)15-4-6-17/h7,9,17H,3-6,8H2,1-2H3,(H,15,18). The zero-order valence-electron chi connectivity index (χ0n) is 12.2. The molecule has 0 aromatic carbocycles. The molecule has 0 bridgehead atoms. The normalized spacial score (nSPS) is 19.4. The maximum absolute atomic E-state index is 12.0. The summed E-state index contributed by atoms with van der Waals surface area (Å²) in [5, 5.41) is 12.2. The van der Waals surface area contributed by atoms with Gasteiger partial charge in [0.25, 0.3) is 0 Å². The summed E-state index contributed by atoms with van der Waals surface area (Å²) in [6.07, 6.45) is 2.04. The van der Waals surface area contributed by atoms with Crippen LogP contribution in [-0.4, -0.2) is 53.4 Å². The van der Waals surface area contributed by atoms with Gasteiger partial charge < -0.3 is 20.1 Å². The number of hydrogen-bond donors (Lipinski definition) is 2. The molecular weight excluding hydrogens is 292 g/mol. The highest BCUT2D eigenvalue weighted by Gasteiger charge is 2.35. The van der Waals surface area contributed by atoms with Gasteiger partial charge in [-0.2, -0.15) is 0 Å². The molecule has 21 heavy (non-hydrogen) atoms. The van der Waals surface area contributed by atoms with Gasteiger partial charge in [0.05, 0.1) is 23.3 Å². The van der Waals surface area contributed by atoms with Crippen molar-refractivity contribution in [2.75, 3.05) is 25.4 Å². The monoisotopic (exact) mass is 312 g/mol. The second kappa shape index (κ2) is 7.00. The lowest BCUT2D eigenvalue weighted by atomic mass is 10.2. The number of rotatable bonds is 5. The molecule has 6 nitrogen and oxygen atoms in total. The number of carbonyl (C=O) groups excluding carboxylic acids is 2. The first kappa shape index (κ1) is 15.9. The number of esters is 1. The van der Waals surface area contributed by atoms with Crippen molar-refractivity contribution in [2.45, 2.75) is 26.4 Å². The predicted molar refractivity (Wildman–Crippen MR) is 80.2 cm³/mol. The van der Waals surface area contributed by atoms with E-state index in [4.69, 9.17) is 9.84 Å². The van der Waals surface area contributed by atoms with Crippen LogP contribution in [0, 0.1) is 0 Å². The van der Waals surface area contributed by atoms with Gasteiger partial charge in [-0.15, -0.1) is 11.8 Å². The van der Waals surface area contributed by atoms with E-state index in [9.17, 15) is 9.59 Å². The third-order valence-electron chi connectivity index (χ3n) is 3.09. The Hall–Kier alpha value is -1.47. The van der Waals surface area contributed by atoms with Crippen LogP contribution in [0.1, 0.15) is 20.3 Å². The molecule has 0 saturated carbocycles. The number of carbonyl (C=O) groups is 2. The van der Waals surface area contributed by atoms with E-state index in [2.05, 4.69) is 5.32 Å². The summed E-state index contributed by atoms with van der Waals surface area (Å²) >= 11 is 1.56. The highest BCUT2D eigenvalue weighted by Crippen LogP contribution is 2.42. The highest BCUT2D eigenvalue weighted by molar-refractivity contribution is 8.03. The molecule has 1 amide bonds. The molecular formula is C14H20N2O4S. The summed E-state index contributed by atoms with van der Waals surface area (Å²) in [7, 11) is 0. The first-order chi connectivity index (χ1) is 10.0. The van der Waals surface area contributed by atoms with Gasteiger partial charge in [-0.1, -0.05) is 0 Å². The summed E-state index contributed by atoms with van der Waals surface area (Å²) < 4.78 is 5.25. The maximum Gasteiger partial charge on any atom is 0.336 e. The van der Waals surface area contributed by atoms with Crippen LogP contribution in [-0.2, 0) is 14.3 Å².